The molecule has 3 rings (SSSR count). The van der Waals surface area contributed by atoms with Gasteiger partial charge in [-0.25, -0.2) is 8.42 Å². The highest BCUT2D eigenvalue weighted by Gasteiger charge is 2.29. The summed E-state index contributed by atoms with van der Waals surface area (Å²) in [5.41, 5.74) is 1.46. The fraction of sp³-hybridized carbons (Fsp3) is 0.321. The number of nitrogens with zero attached hydrogens (tertiary/aromatic N) is 1. The average molecular weight is 543 g/mol. The molecule has 0 aliphatic heterocycles. The van der Waals surface area contributed by atoms with Gasteiger partial charge >= 0.3 is 0 Å². The van der Waals surface area contributed by atoms with Crippen LogP contribution in [-0.4, -0.2) is 46.9 Å². The van der Waals surface area contributed by atoms with E-state index in [-0.39, 0.29) is 17.3 Å². The number of anilines is 1. The average Bonchev–Trinajstić information content (AvgIpc) is 2.91. The van der Waals surface area contributed by atoms with E-state index in [1.54, 1.807) is 48.5 Å². The molecule has 0 atom stereocenters. The van der Waals surface area contributed by atoms with Crippen LogP contribution in [0.1, 0.15) is 25.8 Å². The van der Waals surface area contributed by atoms with Crippen LogP contribution in [0.25, 0.3) is 0 Å². The third-order valence-electron chi connectivity index (χ3n) is 5.57. The van der Waals surface area contributed by atoms with Crippen molar-refractivity contribution in [3.63, 3.8) is 0 Å². The Morgan fingerprint density at radius 2 is 1.59 bits per heavy atom. The number of amides is 1. The molecule has 0 radical (unpaired) electrons. The predicted molar refractivity (Wildman–Crippen MR) is 149 cm³/mol. The molecule has 0 aliphatic rings. The summed E-state index contributed by atoms with van der Waals surface area (Å²) in [7, 11) is -4.03. The third-order valence-corrected chi connectivity index (χ3v) is 8.08. The topological polar surface area (TPSA) is 84.9 Å². The molecule has 37 heavy (non-hydrogen) atoms. The Bertz CT molecular complexity index is 1250. The first kappa shape index (κ1) is 28.4. The smallest absolute Gasteiger partial charge is 0.264 e. The standard InChI is InChI=1S/C28H34N2O5S2/c1-4-34-23-14-12-22(13-15-23)9-8-20-29-28(31)21-30(26-10-6-7-11-27(26)35-5-2)37(32,33)25-18-16-24(36-3)17-19-25/h6-7,10-19H,4-5,8-9,20-21H2,1-3H3,(H,29,31). The lowest BCUT2D eigenvalue weighted by Crippen LogP contribution is -2.41. The molecule has 1 N–H and O–H groups in total. The molecule has 0 unspecified atom stereocenters. The van der Waals surface area contributed by atoms with E-state index in [1.807, 2.05) is 44.4 Å². The number of benzene rings is 3. The molecule has 0 saturated carbocycles. The zero-order valence-electron chi connectivity index (χ0n) is 21.5. The molecular weight excluding hydrogens is 508 g/mol. The number of ether oxygens (including phenoxy) is 2. The van der Waals surface area contributed by atoms with Crippen LogP contribution in [0.2, 0.25) is 0 Å². The van der Waals surface area contributed by atoms with Crippen LogP contribution in [0, 0.1) is 0 Å². The van der Waals surface area contributed by atoms with Crippen molar-refractivity contribution < 1.29 is 22.7 Å². The fourth-order valence-corrected chi connectivity index (χ4v) is 5.58. The number of aryl methyl sites for hydroxylation is 1. The first-order valence-corrected chi connectivity index (χ1v) is 14.9. The Morgan fingerprint density at radius 3 is 2.24 bits per heavy atom. The highest BCUT2D eigenvalue weighted by Crippen LogP contribution is 2.32. The van der Waals surface area contributed by atoms with Crippen molar-refractivity contribution in [1.29, 1.82) is 0 Å². The van der Waals surface area contributed by atoms with Gasteiger partial charge in [0.2, 0.25) is 5.91 Å². The summed E-state index contributed by atoms with van der Waals surface area (Å²) in [5.74, 6) is 0.844. The van der Waals surface area contributed by atoms with E-state index in [0.717, 1.165) is 33.4 Å². The van der Waals surface area contributed by atoms with Gasteiger partial charge in [-0.1, -0.05) is 24.3 Å². The number of para-hydroxylation sites is 2. The Kier molecular flexibility index (Phi) is 10.7. The molecule has 198 valence electrons. The van der Waals surface area contributed by atoms with E-state index >= 15 is 0 Å². The second kappa shape index (κ2) is 13.9. The maximum Gasteiger partial charge on any atom is 0.264 e. The molecule has 0 heterocycles. The maximum atomic E-state index is 13.7. The van der Waals surface area contributed by atoms with Crippen molar-refractivity contribution in [2.75, 3.05) is 36.9 Å². The minimum absolute atomic E-state index is 0.111. The van der Waals surface area contributed by atoms with Gasteiger partial charge in [-0.3, -0.25) is 9.10 Å². The number of carbonyl (C=O) groups excluding carboxylic acids is 1. The summed E-state index contributed by atoms with van der Waals surface area (Å²) < 4.78 is 39.6. The van der Waals surface area contributed by atoms with E-state index in [1.165, 1.54) is 11.8 Å². The second-order valence-electron chi connectivity index (χ2n) is 8.12. The summed E-state index contributed by atoms with van der Waals surface area (Å²) in [6, 6.07) is 21.4. The van der Waals surface area contributed by atoms with Gasteiger partial charge in [0.25, 0.3) is 10.0 Å². The van der Waals surface area contributed by atoms with Crippen LogP contribution in [0.15, 0.2) is 82.6 Å². The molecule has 0 fully saturated rings. The Hall–Kier alpha value is -3.17. The van der Waals surface area contributed by atoms with Gasteiger partial charge < -0.3 is 14.8 Å². The van der Waals surface area contributed by atoms with E-state index < -0.39 is 10.0 Å². The summed E-state index contributed by atoms with van der Waals surface area (Å²) in [5, 5.41) is 2.86. The van der Waals surface area contributed by atoms with Crippen LogP contribution in [0.5, 0.6) is 11.5 Å². The molecule has 7 nitrogen and oxygen atoms in total. The predicted octanol–water partition coefficient (Wildman–Crippen LogP) is 5.15. The molecule has 0 aliphatic carbocycles. The molecule has 0 aromatic heterocycles. The fourth-order valence-electron chi connectivity index (χ4n) is 3.74. The van der Waals surface area contributed by atoms with E-state index in [2.05, 4.69) is 5.32 Å². The van der Waals surface area contributed by atoms with Crippen molar-refractivity contribution in [2.45, 2.75) is 36.5 Å². The van der Waals surface area contributed by atoms with E-state index in [0.29, 0.717) is 31.2 Å². The van der Waals surface area contributed by atoms with Crippen molar-refractivity contribution in [1.82, 2.24) is 5.32 Å². The molecule has 0 bridgehead atoms. The molecule has 3 aromatic rings. The van der Waals surface area contributed by atoms with Crippen LogP contribution >= 0.6 is 11.8 Å². The summed E-state index contributed by atoms with van der Waals surface area (Å²) in [6.07, 6.45) is 3.43. The lowest BCUT2D eigenvalue weighted by molar-refractivity contribution is -0.119. The van der Waals surface area contributed by atoms with Gasteiger partial charge in [-0.15, -0.1) is 11.8 Å². The first-order valence-electron chi connectivity index (χ1n) is 12.3. The summed E-state index contributed by atoms with van der Waals surface area (Å²) >= 11 is 1.53. The van der Waals surface area contributed by atoms with Crippen LogP contribution < -0.4 is 19.1 Å². The van der Waals surface area contributed by atoms with Gasteiger partial charge in [0.1, 0.15) is 18.0 Å². The minimum atomic E-state index is -4.03. The highest BCUT2D eigenvalue weighted by molar-refractivity contribution is 7.98. The maximum absolute atomic E-state index is 13.7. The van der Waals surface area contributed by atoms with Gasteiger partial charge in [0.15, 0.2) is 0 Å². The molecule has 3 aromatic carbocycles. The molecule has 1 amide bonds. The molecule has 0 spiro atoms. The number of sulfonamides is 1. The number of carbonyl (C=O) groups is 1. The van der Waals surface area contributed by atoms with Gasteiger partial charge in [0, 0.05) is 11.4 Å². The second-order valence-corrected chi connectivity index (χ2v) is 10.9. The quantitative estimate of drug-likeness (QED) is 0.224. The number of nitrogens with one attached hydrogen (secondary N) is 1. The molecule has 9 heteroatoms. The van der Waals surface area contributed by atoms with Gasteiger partial charge in [-0.05, 0) is 87.0 Å². The molecular formula is C28H34N2O5S2. The van der Waals surface area contributed by atoms with Crippen LogP contribution in [0.3, 0.4) is 0 Å². The third kappa shape index (κ3) is 7.90. The van der Waals surface area contributed by atoms with E-state index in [9.17, 15) is 13.2 Å². The van der Waals surface area contributed by atoms with Crippen molar-refractivity contribution in [3.05, 3.63) is 78.4 Å². The number of hydrogen-bond acceptors (Lipinski definition) is 6. The van der Waals surface area contributed by atoms with Gasteiger partial charge in [0.05, 0.1) is 23.8 Å². The largest absolute Gasteiger partial charge is 0.494 e. The normalized spacial score (nSPS) is 11.1. The van der Waals surface area contributed by atoms with Gasteiger partial charge in [-0.2, -0.15) is 0 Å². The Balaban J connectivity index is 1.72. The van der Waals surface area contributed by atoms with Crippen LogP contribution in [0.4, 0.5) is 5.69 Å². The number of thioether (sulfide) groups is 1. The van der Waals surface area contributed by atoms with E-state index in [4.69, 9.17) is 9.47 Å². The monoisotopic (exact) mass is 542 g/mol. The van der Waals surface area contributed by atoms with Crippen molar-refractivity contribution in [3.8, 4) is 11.5 Å². The Labute approximate surface area is 224 Å². The lowest BCUT2D eigenvalue weighted by atomic mass is 10.1. The van der Waals surface area contributed by atoms with Crippen LogP contribution in [-0.2, 0) is 21.2 Å². The molecule has 0 saturated heterocycles. The zero-order chi connectivity index (χ0) is 26.7. The highest BCUT2D eigenvalue weighted by atomic mass is 32.2. The zero-order valence-corrected chi connectivity index (χ0v) is 23.1. The number of hydrogen-bond donors (Lipinski definition) is 1. The minimum Gasteiger partial charge on any atom is -0.494 e. The number of rotatable bonds is 14. The Morgan fingerprint density at radius 1 is 0.919 bits per heavy atom. The lowest BCUT2D eigenvalue weighted by Gasteiger charge is -2.26. The summed E-state index contributed by atoms with van der Waals surface area (Å²) in [6.45, 7) is 4.82. The van der Waals surface area contributed by atoms with Crippen molar-refractivity contribution >= 4 is 33.4 Å². The SMILES string of the molecule is CCOc1ccc(CCCNC(=O)CN(c2ccccc2OCC)S(=O)(=O)c2ccc(SC)cc2)cc1. The first-order chi connectivity index (χ1) is 17.9. The summed E-state index contributed by atoms with van der Waals surface area (Å²) in [4.78, 5) is 14.0. The van der Waals surface area contributed by atoms with Crippen molar-refractivity contribution in [2.24, 2.45) is 0 Å².